The highest BCUT2D eigenvalue weighted by Crippen LogP contribution is 2.21. The first-order valence-corrected chi connectivity index (χ1v) is 9.60. The van der Waals surface area contributed by atoms with Crippen molar-refractivity contribution in [1.29, 1.82) is 0 Å². The van der Waals surface area contributed by atoms with Gasteiger partial charge in [0.15, 0.2) is 6.61 Å². The number of benzene rings is 2. The molecule has 0 saturated carbocycles. The van der Waals surface area contributed by atoms with Crippen LogP contribution in [0.2, 0.25) is 0 Å². The number of halogens is 1. The Morgan fingerprint density at radius 3 is 2.48 bits per heavy atom. The molecule has 0 aliphatic heterocycles. The minimum Gasteiger partial charge on any atom is -0.455 e. The number of thioether (sulfide) groups is 2. The normalized spacial score (nSPS) is 10.3. The fourth-order valence-electron chi connectivity index (χ4n) is 1.81. The van der Waals surface area contributed by atoms with E-state index in [1.54, 1.807) is 30.0 Å². The van der Waals surface area contributed by atoms with Crippen molar-refractivity contribution in [1.82, 2.24) is 5.32 Å². The molecule has 2 aromatic rings. The van der Waals surface area contributed by atoms with Crippen LogP contribution in [0.1, 0.15) is 0 Å². The SMILES string of the molecule is O=C(COC(=O)CSc1ccccc1F)NCCSc1ccccc1. The van der Waals surface area contributed by atoms with Gasteiger partial charge in [-0.05, 0) is 24.3 Å². The van der Waals surface area contributed by atoms with Crippen molar-refractivity contribution in [2.45, 2.75) is 9.79 Å². The monoisotopic (exact) mass is 379 g/mol. The molecule has 0 saturated heterocycles. The van der Waals surface area contributed by atoms with Crippen LogP contribution in [-0.2, 0) is 14.3 Å². The Morgan fingerprint density at radius 2 is 1.72 bits per heavy atom. The lowest BCUT2D eigenvalue weighted by Crippen LogP contribution is -2.30. The summed E-state index contributed by atoms with van der Waals surface area (Å²) in [4.78, 5) is 24.7. The molecule has 0 heterocycles. The lowest BCUT2D eigenvalue weighted by Gasteiger charge is -2.07. The molecule has 0 aromatic heterocycles. The van der Waals surface area contributed by atoms with Crippen molar-refractivity contribution in [3.8, 4) is 0 Å². The van der Waals surface area contributed by atoms with Gasteiger partial charge in [-0.25, -0.2) is 4.39 Å². The van der Waals surface area contributed by atoms with E-state index >= 15 is 0 Å². The molecule has 0 unspecified atom stereocenters. The average molecular weight is 379 g/mol. The molecule has 0 fully saturated rings. The van der Waals surface area contributed by atoms with Gasteiger partial charge in [-0.2, -0.15) is 0 Å². The third-order valence-electron chi connectivity index (χ3n) is 2.98. The maximum atomic E-state index is 13.4. The van der Waals surface area contributed by atoms with Crippen LogP contribution in [0.3, 0.4) is 0 Å². The lowest BCUT2D eigenvalue weighted by atomic mass is 10.3. The summed E-state index contributed by atoms with van der Waals surface area (Å²) in [6, 6.07) is 16.1. The second-order valence-corrected chi connectivity index (χ2v) is 7.08. The summed E-state index contributed by atoms with van der Waals surface area (Å²) in [6.45, 7) is 0.159. The quantitative estimate of drug-likeness (QED) is 0.411. The predicted octanol–water partition coefficient (Wildman–Crippen LogP) is 3.37. The van der Waals surface area contributed by atoms with E-state index in [-0.39, 0.29) is 24.1 Å². The molecule has 132 valence electrons. The molecule has 0 atom stereocenters. The molecule has 0 aliphatic carbocycles. The van der Waals surface area contributed by atoms with Crippen LogP contribution in [0.25, 0.3) is 0 Å². The van der Waals surface area contributed by atoms with Crippen molar-refractivity contribution in [2.24, 2.45) is 0 Å². The van der Waals surface area contributed by atoms with Crippen LogP contribution < -0.4 is 5.32 Å². The maximum Gasteiger partial charge on any atom is 0.316 e. The number of hydrogen-bond acceptors (Lipinski definition) is 5. The molecule has 25 heavy (non-hydrogen) atoms. The Labute approximate surface area is 154 Å². The fraction of sp³-hybridized carbons (Fsp3) is 0.222. The Kier molecular flexibility index (Phi) is 8.34. The van der Waals surface area contributed by atoms with Gasteiger partial charge >= 0.3 is 5.97 Å². The third kappa shape index (κ3) is 7.62. The predicted molar refractivity (Wildman–Crippen MR) is 98.3 cm³/mol. The standard InChI is InChI=1S/C18H18FNO3S2/c19-15-8-4-5-9-16(15)25-13-18(22)23-12-17(21)20-10-11-24-14-6-2-1-3-7-14/h1-9H,10-13H2,(H,20,21). The van der Waals surface area contributed by atoms with E-state index in [0.717, 1.165) is 22.4 Å². The summed E-state index contributed by atoms with van der Waals surface area (Å²) in [6.07, 6.45) is 0. The van der Waals surface area contributed by atoms with Crippen molar-refractivity contribution >= 4 is 35.4 Å². The van der Waals surface area contributed by atoms with E-state index in [2.05, 4.69) is 5.32 Å². The summed E-state index contributed by atoms with van der Waals surface area (Å²) in [5.41, 5.74) is 0. The minimum atomic E-state index is -0.554. The van der Waals surface area contributed by atoms with Crippen LogP contribution in [0, 0.1) is 5.82 Å². The number of nitrogens with one attached hydrogen (secondary N) is 1. The molecule has 0 radical (unpaired) electrons. The van der Waals surface area contributed by atoms with Crippen LogP contribution in [0.15, 0.2) is 64.4 Å². The zero-order chi connectivity index (χ0) is 17.9. The number of carbonyl (C=O) groups excluding carboxylic acids is 2. The van der Waals surface area contributed by atoms with E-state index in [0.29, 0.717) is 11.4 Å². The third-order valence-corrected chi connectivity index (χ3v) is 5.02. The highest BCUT2D eigenvalue weighted by Gasteiger charge is 2.09. The summed E-state index contributed by atoms with van der Waals surface area (Å²) >= 11 is 2.67. The zero-order valence-electron chi connectivity index (χ0n) is 13.4. The minimum absolute atomic E-state index is 0.0436. The van der Waals surface area contributed by atoms with Crippen LogP contribution in [0.5, 0.6) is 0 Å². The number of carbonyl (C=O) groups is 2. The van der Waals surface area contributed by atoms with E-state index in [1.165, 1.54) is 6.07 Å². The Hall–Kier alpha value is -1.99. The molecule has 0 bridgehead atoms. The van der Waals surface area contributed by atoms with Crippen LogP contribution in [0.4, 0.5) is 4.39 Å². The molecule has 2 aromatic carbocycles. The number of hydrogen-bond donors (Lipinski definition) is 1. The van der Waals surface area contributed by atoms with Gasteiger partial charge in [0.1, 0.15) is 5.82 Å². The van der Waals surface area contributed by atoms with Gasteiger partial charge in [-0.15, -0.1) is 23.5 Å². The number of ether oxygens (including phenoxy) is 1. The van der Waals surface area contributed by atoms with Gasteiger partial charge in [0, 0.05) is 22.1 Å². The Morgan fingerprint density at radius 1 is 1.00 bits per heavy atom. The first-order chi connectivity index (χ1) is 12.1. The van der Waals surface area contributed by atoms with Gasteiger partial charge < -0.3 is 10.1 Å². The smallest absolute Gasteiger partial charge is 0.316 e. The molecule has 0 aliphatic rings. The Balaban J connectivity index is 1.56. The van der Waals surface area contributed by atoms with Crippen LogP contribution >= 0.6 is 23.5 Å². The highest BCUT2D eigenvalue weighted by molar-refractivity contribution is 8.00. The van der Waals surface area contributed by atoms with Crippen molar-refractivity contribution < 1.29 is 18.7 Å². The average Bonchev–Trinajstić information content (AvgIpc) is 2.64. The number of rotatable bonds is 9. The summed E-state index contributed by atoms with van der Waals surface area (Å²) in [5.74, 6) is -0.598. The van der Waals surface area contributed by atoms with Gasteiger partial charge in [-0.1, -0.05) is 30.3 Å². The van der Waals surface area contributed by atoms with Gasteiger partial charge in [0.05, 0.1) is 5.75 Å². The summed E-state index contributed by atoms with van der Waals surface area (Å²) in [7, 11) is 0. The number of esters is 1. The summed E-state index contributed by atoms with van der Waals surface area (Å²) < 4.78 is 18.3. The molecule has 1 N–H and O–H groups in total. The maximum absolute atomic E-state index is 13.4. The second kappa shape index (κ2) is 10.8. The number of amides is 1. The fourth-order valence-corrected chi connectivity index (χ4v) is 3.34. The molecule has 2 rings (SSSR count). The Bertz CT molecular complexity index is 698. The van der Waals surface area contributed by atoms with Crippen molar-refractivity contribution in [3.63, 3.8) is 0 Å². The first kappa shape index (κ1) is 19.3. The first-order valence-electron chi connectivity index (χ1n) is 7.62. The van der Waals surface area contributed by atoms with Crippen molar-refractivity contribution in [3.05, 3.63) is 60.4 Å². The van der Waals surface area contributed by atoms with E-state index in [1.807, 2.05) is 30.3 Å². The topological polar surface area (TPSA) is 55.4 Å². The van der Waals surface area contributed by atoms with E-state index < -0.39 is 5.97 Å². The highest BCUT2D eigenvalue weighted by atomic mass is 32.2. The molecular formula is C18H18FNO3S2. The molecule has 4 nitrogen and oxygen atoms in total. The second-order valence-electron chi connectivity index (χ2n) is 4.89. The molecular weight excluding hydrogens is 361 g/mol. The van der Waals surface area contributed by atoms with E-state index in [9.17, 15) is 14.0 Å². The van der Waals surface area contributed by atoms with Crippen molar-refractivity contribution in [2.75, 3.05) is 24.7 Å². The lowest BCUT2D eigenvalue weighted by molar-refractivity contribution is -0.145. The zero-order valence-corrected chi connectivity index (χ0v) is 15.1. The van der Waals surface area contributed by atoms with Crippen LogP contribution in [-0.4, -0.2) is 36.5 Å². The molecule has 1 amide bonds. The van der Waals surface area contributed by atoms with E-state index in [4.69, 9.17) is 4.74 Å². The summed E-state index contributed by atoms with van der Waals surface area (Å²) in [5, 5.41) is 2.69. The van der Waals surface area contributed by atoms with Gasteiger partial charge in [0.2, 0.25) is 0 Å². The van der Waals surface area contributed by atoms with Gasteiger partial charge in [-0.3, -0.25) is 9.59 Å². The molecule has 7 heteroatoms. The largest absolute Gasteiger partial charge is 0.455 e. The molecule has 0 spiro atoms. The van der Waals surface area contributed by atoms with Gasteiger partial charge in [0.25, 0.3) is 5.91 Å².